The van der Waals surface area contributed by atoms with Crippen molar-refractivity contribution in [2.24, 2.45) is 0 Å². The highest BCUT2D eigenvalue weighted by Crippen LogP contribution is 2.22. The van der Waals surface area contributed by atoms with Gasteiger partial charge in [-0.3, -0.25) is 0 Å². The molecule has 1 heteroatoms. The minimum atomic E-state index is -0.0261. The van der Waals surface area contributed by atoms with Crippen molar-refractivity contribution in [2.45, 2.75) is 26.3 Å². The smallest absolute Gasteiger partial charge is 0.0527 e. The Bertz CT molecular complexity index is 443. The Morgan fingerprint density at radius 1 is 1.12 bits per heavy atom. The number of hydrogen-bond acceptors (Lipinski definition) is 1. The predicted molar refractivity (Wildman–Crippen MR) is 71.3 cm³/mol. The first-order valence-electron chi connectivity index (χ1n) is 5.87. The molecule has 0 aliphatic heterocycles. The number of hydrogen-bond donors (Lipinski definition) is 1. The second-order valence-electron chi connectivity index (χ2n) is 4.61. The van der Waals surface area contributed by atoms with Gasteiger partial charge in [-0.1, -0.05) is 55.0 Å². The van der Waals surface area contributed by atoms with Gasteiger partial charge in [-0.15, -0.1) is 0 Å². The molecule has 84 valence electrons. The molecule has 0 fully saturated rings. The topological polar surface area (TPSA) is 12.0 Å². The highest BCUT2D eigenvalue weighted by Gasteiger charge is 2.17. The van der Waals surface area contributed by atoms with Crippen molar-refractivity contribution < 1.29 is 0 Å². The number of likely N-dealkylation sites (N-methyl/N-ethyl adjacent to an activating group) is 1. The fourth-order valence-electron chi connectivity index (χ4n) is 2.07. The van der Waals surface area contributed by atoms with Crippen molar-refractivity contribution in [3.05, 3.63) is 47.0 Å². The summed E-state index contributed by atoms with van der Waals surface area (Å²) in [4.78, 5) is 0. The van der Waals surface area contributed by atoms with E-state index >= 15 is 0 Å². The van der Waals surface area contributed by atoms with Gasteiger partial charge < -0.3 is 5.32 Å². The average molecular weight is 213 g/mol. The zero-order valence-corrected chi connectivity index (χ0v) is 10.2. The summed E-state index contributed by atoms with van der Waals surface area (Å²) in [6, 6.07) is 6.57. The summed E-state index contributed by atoms with van der Waals surface area (Å²) in [5, 5.41) is 3.48. The molecule has 2 rings (SSSR count). The van der Waals surface area contributed by atoms with Crippen LogP contribution >= 0.6 is 0 Å². The molecule has 0 aromatic heterocycles. The zero-order chi connectivity index (χ0) is 11.6. The van der Waals surface area contributed by atoms with E-state index in [2.05, 4.69) is 68.6 Å². The molecule has 0 spiro atoms. The lowest BCUT2D eigenvalue weighted by Crippen LogP contribution is -2.37. The molecule has 16 heavy (non-hydrogen) atoms. The Hall–Kier alpha value is -1.34. The van der Waals surface area contributed by atoms with Gasteiger partial charge in [0.05, 0.1) is 5.54 Å². The summed E-state index contributed by atoms with van der Waals surface area (Å²) in [7, 11) is 0. The van der Waals surface area contributed by atoms with Gasteiger partial charge in [0.15, 0.2) is 0 Å². The average Bonchev–Trinajstić information content (AvgIpc) is 2.40. The normalized spacial score (nSPS) is 22.9. The largest absolute Gasteiger partial charge is 0.305 e. The summed E-state index contributed by atoms with van der Waals surface area (Å²) >= 11 is 0. The summed E-state index contributed by atoms with van der Waals surface area (Å²) < 4.78 is 0. The van der Waals surface area contributed by atoms with Gasteiger partial charge in [-0.2, -0.15) is 0 Å². The third-order valence-electron chi connectivity index (χ3n) is 3.02. The Morgan fingerprint density at radius 2 is 1.81 bits per heavy atom. The third-order valence-corrected chi connectivity index (χ3v) is 3.02. The van der Waals surface area contributed by atoms with Crippen LogP contribution in [0.3, 0.4) is 0 Å². The van der Waals surface area contributed by atoms with Gasteiger partial charge >= 0.3 is 0 Å². The molecule has 0 bridgehead atoms. The molecule has 1 aromatic carbocycles. The molecule has 0 heterocycles. The van der Waals surface area contributed by atoms with Crippen LogP contribution in [-0.4, -0.2) is 12.1 Å². The highest BCUT2D eigenvalue weighted by molar-refractivity contribution is 5.70. The molecule has 1 nitrogen and oxygen atoms in total. The molecular weight excluding hydrogens is 194 g/mol. The van der Waals surface area contributed by atoms with Crippen LogP contribution in [0.4, 0.5) is 0 Å². The molecule has 1 N–H and O–H groups in total. The monoisotopic (exact) mass is 213 g/mol. The van der Waals surface area contributed by atoms with Gasteiger partial charge in [-0.05, 0) is 31.5 Å². The van der Waals surface area contributed by atoms with Gasteiger partial charge in [0.1, 0.15) is 0 Å². The Morgan fingerprint density at radius 3 is 2.50 bits per heavy atom. The van der Waals surface area contributed by atoms with Crippen molar-refractivity contribution in [2.75, 3.05) is 6.54 Å². The lowest BCUT2D eigenvalue weighted by molar-refractivity contribution is 0.548. The van der Waals surface area contributed by atoms with Crippen LogP contribution in [0, 0.1) is 6.92 Å². The predicted octanol–water partition coefficient (Wildman–Crippen LogP) is 3.40. The maximum Gasteiger partial charge on any atom is 0.0527 e. The zero-order valence-electron chi connectivity index (χ0n) is 10.2. The first kappa shape index (κ1) is 11.2. The lowest BCUT2D eigenvalue weighted by atomic mass is 10.0. The van der Waals surface area contributed by atoms with Crippen LogP contribution < -0.4 is 5.32 Å². The minimum absolute atomic E-state index is 0.0261. The fourth-order valence-corrected chi connectivity index (χ4v) is 2.07. The van der Waals surface area contributed by atoms with E-state index < -0.39 is 0 Å². The Labute approximate surface area is 97.9 Å². The third kappa shape index (κ3) is 2.25. The van der Waals surface area contributed by atoms with Crippen LogP contribution in [0.15, 0.2) is 30.4 Å². The molecule has 0 saturated carbocycles. The van der Waals surface area contributed by atoms with Crippen molar-refractivity contribution >= 4 is 12.2 Å². The first-order chi connectivity index (χ1) is 7.63. The second kappa shape index (κ2) is 4.26. The summed E-state index contributed by atoms with van der Waals surface area (Å²) in [5.74, 6) is 0. The molecule has 1 aromatic rings. The summed E-state index contributed by atoms with van der Waals surface area (Å²) in [6.45, 7) is 7.43. The number of aryl methyl sites for hydroxylation is 1. The van der Waals surface area contributed by atoms with Crippen LogP contribution in [0.5, 0.6) is 0 Å². The Balaban J connectivity index is 2.40. The Kier molecular flexibility index (Phi) is 2.97. The van der Waals surface area contributed by atoms with Gasteiger partial charge in [0.25, 0.3) is 0 Å². The molecule has 1 atom stereocenters. The van der Waals surface area contributed by atoms with E-state index in [1.54, 1.807) is 0 Å². The van der Waals surface area contributed by atoms with Crippen LogP contribution in [0.1, 0.15) is 30.5 Å². The van der Waals surface area contributed by atoms with Gasteiger partial charge in [-0.25, -0.2) is 0 Å². The number of nitrogens with one attached hydrogen (secondary N) is 1. The van der Waals surface area contributed by atoms with E-state index in [1.165, 1.54) is 16.7 Å². The maximum atomic E-state index is 3.48. The number of rotatable bonds is 2. The van der Waals surface area contributed by atoms with Crippen molar-refractivity contribution in [1.29, 1.82) is 0 Å². The molecule has 1 unspecified atom stereocenters. The van der Waals surface area contributed by atoms with Crippen molar-refractivity contribution in [1.82, 2.24) is 5.32 Å². The highest BCUT2D eigenvalue weighted by atomic mass is 14.9. The van der Waals surface area contributed by atoms with E-state index in [0.717, 1.165) is 6.54 Å². The maximum absolute atomic E-state index is 3.48. The van der Waals surface area contributed by atoms with E-state index in [4.69, 9.17) is 0 Å². The number of fused-ring (bicyclic) bond motifs is 1. The SMILES string of the molecule is CCNC1(C)C=Cc2ccc(C)cc2C=C1. The van der Waals surface area contributed by atoms with Gasteiger partial charge in [0, 0.05) is 0 Å². The van der Waals surface area contributed by atoms with E-state index in [9.17, 15) is 0 Å². The molecule has 0 amide bonds. The van der Waals surface area contributed by atoms with Gasteiger partial charge in [0.2, 0.25) is 0 Å². The minimum Gasteiger partial charge on any atom is -0.305 e. The standard InChI is InChI=1S/C15H19N/c1-4-16-15(3)9-7-13-6-5-12(2)11-14(13)8-10-15/h5-11,16H,4H2,1-3H3. The molecule has 0 saturated heterocycles. The molecule has 0 radical (unpaired) electrons. The lowest BCUT2D eigenvalue weighted by Gasteiger charge is -2.22. The van der Waals surface area contributed by atoms with E-state index in [1.807, 2.05) is 0 Å². The van der Waals surface area contributed by atoms with Crippen molar-refractivity contribution in [3.8, 4) is 0 Å². The summed E-state index contributed by atoms with van der Waals surface area (Å²) in [6.07, 6.45) is 8.88. The van der Waals surface area contributed by atoms with E-state index in [0.29, 0.717) is 0 Å². The number of benzene rings is 1. The van der Waals surface area contributed by atoms with Crippen LogP contribution in [0.2, 0.25) is 0 Å². The molecule has 1 aliphatic carbocycles. The van der Waals surface area contributed by atoms with E-state index in [-0.39, 0.29) is 5.54 Å². The summed E-state index contributed by atoms with van der Waals surface area (Å²) in [5.41, 5.74) is 3.88. The second-order valence-corrected chi connectivity index (χ2v) is 4.61. The van der Waals surface area contributed by atoms with Crippen molar-refractivity contribution in [3.63, 3.8) is 0 Å². The van der Waals surface area contributed by atoms with Crippen LogP contribution in [-0.2, 0) is 0 Å². The fraction of sp³-hybridized carbons (Fsp3) is 0.333. The molecular formula is C15H19N. The first-order valence-corrected chi connectivity index (χ1v) is 5.87. The molecule has 1 aliphatic rings. The van der Waals surface area contributed by atoms with Crippen LogP contribution in [0.25, 0.3) is 12.2 Å². The quantitative estimate of drug-likeness (QED) is 0.794.